The van der Waals surface area contributed by atoms with Gasteiger partial charge in [0.2, 0.25) is 0 Å². The maximum atomic E-state index is 12.2. The molecule has 0 radical (unpaired) electrons. The molecular weight excluding hydrogens is 394 g/mol. The number of rotatable bonds is 4. The first kappa shape index (κ1) is 19.5. The van der Waals surface area contributed by atoms with Gasteiger partial charge in [-0.3, -0.25) is 14.9 Å². The highest BCUT2D eigenvalue weighted by Crippen LogP contribution is 2.16. The smallest absolute Gasteiger partial charge is 0.258 e. The van der Waals surface area contributed by atoms with Gasteiger partial charge < -0.3 is 10.6 Å². The van der Waals surface area contributed by atoms with E-state index >= 15 is 0 Å². The van der Waals surface area contributed by atoms with E-state index in [9.17, 15) is 9.59 Å². The van der Waals surface area contributed by atoms with E-state index < -0.39 is 5.91 Å². The molecular formula is C21H16ClN3O2S. The molecule has 0 aromatic heterocycles. The Labute approximate surface area is 172 Å². The van der Waals surface area contributed by atoms with Crippen molar-refractivity contribution in [2.75, 3.05) is 10.6 Å². The van der Waals surface area contributed by atoms with Crippen LogP contribution in [0.15, 0.2) is 78.9 Å². The van der Waals surface area contributed by atoms with Crippen LogP contribution in [0, 0.1) is 0 Å². The third-order valence-electron chi connectivity index (χ3n) is 3.78. The third kappa shape index (κ3) is 5.16. The summed E-state index contributed by atoms with van der Waals surface area (Å²) in [5, 5.41) is 8.81. The molecule has 7 heteroatoms. The molecule has 5 nitrogen and oxygen atoms in total. The number of carbonyl (C=O) groups is 2. The van der Waals surface area contributed by atoms with E-state index in [4.69, 9.17) is 23.8 Å². The summed E-state index contributed by atoms with van der Waals surface area (Å²) in [4.78, 5) is 24.4. The van der Waals surface area contributed by atoms with Gasteiger partial charge in [0, 0.05) is 16.9 Å². The zero-order chi connectivity index (χ0) is 19.9. The summed E-state index contributed by atoms with van der Waals surface area (Å²) < 4.78 is 0. The summed E-state index contributed by atoms with van der Waals surface area (Å²) in [5.74, 6) is -0.585. The average Bonchev–Trinajstić information content (AvgIpc) is 2.70. The van der Waals surface area contributed by atoms with Crippen LogP contribution in [0.5, 0.6) is 0 Å². The monoisotopic (exact) mass is 409 g/mol. The number of nitrogens with one attached hydrogen (secondary N) is 3. The maximum absolute atomic E-state index is 12.2. The Morgan fingerprint density at radius 3 is 1.93 bits per heavy atom. The van der Waals surface area contributed by atoms with E-state index in [0.29, 0.717) is 27.5 Å². The summed E-state index contributed by atoms with van der Waals surface area (Å²) in [6, 6.07) is 22.6. The molecule has 0 aliphatic rings. The van der Waals surface area contributed by atoms with E-state index in [1.54, 1.807) is 72.8 Å². The summed E-state index contributed by atoms with van der Waals surface area (Å²) in [6.45, 7) is 0. The van der Waals surface area contributed by atoms with E-state index in [1.165, 1.54) is 0 Å². The lowest BCUT2D eigenvalue weighted by molar-refractivity contribution is 0.0976. The van der Waals surface area contributed by atoms with Crippen molar-refractivity contribution in [2.45, 2.75) is 0 Å². The zero-order valence-corrected chi connectivity index (χ0v) is 16.2. The van der Waals surface area contributed by atoms with Crippen molar-refractivity contribution in [3.63, 3.8) is 0 Å². The van der Waals surface area contributed by atoms with Gasteiger partial charge in [-0.2, -0.15) is 0 Å². The first-order valence-electron chi connectivity index (χ1n) is 8.36. The van der Waals surface area contributed by atoms with Crippen LogP contribution in [0.3, 0.4) is 0 Å². The molecule has 0 saturated carbocycles. The second-order valence-corrected chi connectivity index (χ2v) is 6.60. The number of anilines is 2. The number of benzene rings is 3. The molecule has 0 aliphatic carbocycles. The van der Waals surface area contributed by atoms with Crippen LogP contribution in [0.2, 0.25) is 5.02 Å². The second-order valence-electron chi connectivity index (χ2n) is 5.79. The Bertz CT molecular complexity index is 1010. The van der Waals surface area contributed by atoms with Crippen LogP contribution in [-0.2, 0) is 0 Å². The van der Waals surface area contributed by atoms with Gasteiger partial charge in [-0.05, 0) is 60.7 Å². The number of carbonyl (C=O) groups excluding carboxylic acids is 2. The molecule has 140 valence electrons. The second kappa shape index (κ2) is 9.12. The van der Waals surface area contributed by atoms with Crippen molar-refractivity contribution in [3.05, 3.63) is 95.0 Å². The summed E-state index contributed by atoms with van der Waals surface area (Å²) in [7, 11) is 0. The molecule has 0 bridgehead atoms. The predicted octanol–water partition coefficient (Wildman–Crippen LogP) is 4.72. The fraction of sp³-hybridized carbons (Fsp3) is 0. The lowest BCUT2D eigenvalue weighted by atomic mass is 10.2. The van der Waals surface area contributed by atoms with E-state index in [2.05, 4.69) is 16.0 Å². The highest BCUT2D eigenvalue weighted by Gasteiger charge is 2.11. The normalized spacial score (nSPS) is 10.0. The van der Waals surface area contributed by atoms with Crippen molar-refractivity contribution < 1.29 is 9.59 Å². The minimum absolute atomic E-state index is 0.144. The molecule has 2 amide bonds. The van der Waals surface area contributed by atoms with E-state index in [0.717, 1.165) is 0 Å². The van der Waals surface area contributed by atoms with Crippen molar-refractivity contribution in [3.8, 4) is 0 Å². The number of hydrogen-bond donors (Lipinski definition) is 3. The number of amides is 2. The lowest BCUT2D eigenvalue weighted by Gasteiger charge is -2.11. The highest BCUT2D eigenvalue weighted by atomic mass is 35.5. The van der Waals surface area contributed by atoms with Gasteiger partial charge in [-0.1, -0.05) is 41.9 Å². The molecule has 3 aromatic carbocycles. The van der Waals surface area contributed by atoms with Crippen molar-refractivity contribution in [2.24, 2.45) is 0 Å². The topological polar surface area (TPSA) is 70.2 Å². The molecule has 28 heavy (non-hydrogen) atoms. The molecule has 3 N–H and O–H groups in total. The summed E-state index contributed by atoms with van der Waals surface area (Å²) in [6.07, 6.45) is 0. The molecule has 3 rings (SSSR count). The first-order chi connectivity index (χ1) is 13.5. The standard InChI is InChI=1S/C21H16ClN3O2S/c22-18-9-5-4-8-17(18)20(27)25-21(28)24-16-12-10-15(11-13-16)23-19(26)14-6-2-1-3-7-14/h1-13H,(H,23,26)(H2,24,25,27,28). The molecule has 0 spiro atoms. The van der Waals surface area contributed by atoms with Crippen molar-refractivity contribution in [1.82, 2.24) is 5.32 Å². The summed E-state index contributed by atoms with van der Waals surface area (Å²) >= 11 is 11.2. The Morgan fingerprint density at radius 1 is 0.714 bits per heavy atom. The lowest BCUT2D eigenvalue weighted by Crippen LogP contribution is -2.34. The molecule has 0 unspecified atom stereocenters. The fourth-order valence-electron chi connectivity index (χ4n) is 2.41. The minimum Gasteiger partial charge on any atom is -0.332 e. The van der Waals surface area contributed by atoms with Crippen molar-refractivity contribution in [1.29, 1.82) is 0 Å². The van der Waals surface area contributed by atoms with Crippen LogP contribution < -0.4 is 16.0 Å². The average molecular weight is 410 g/mol. The Kier molecular flexibility index (Phi) is 6.37. The van der Waals surface area contributed by atoms with E-state index in [1.807, 2.05) is 6.07 Å². The van der Waals surface area contributed by atoms with Gasteiger partial charge in [-0.25, -0.2) is 0 Å². The summed E-state index contributed by atoms with van der Waals surface area (Å²) in [5.41, 5.74) is 2.23. The SMILES string of the molecule is O=C(Nc1ccc(NC(=S)NC(=O)c2ccccc2Cl)cc1)c1ccccc1. The van der Waals surface area contributed by atoms with Crippen LogP contribution >= 0.6 is 23.8 Å². The number of thiocarbonyl (C=S) groups is 1. The quantitative estimate of drug-likeness (QED) is 0.545. The van der Waals surface area contributed by atoms with Crippen molar-refractivity contribution >= 4 is 52.1 Å². The van der Waals surface area contributed by atoms with Gasteiger partial charge in [0.15, 0.2) is 5.11 Å². The van der Waals surface area contributed by atoms with Crippen LogP contribution in [0.4, 0.5) is 11.4 Å². The van der Waals surface area contributed by atoms with Crippen LogP contribution in [-0.4, -0.2) is 16.9 Å². The predicted molar refractivity (Wildman–Crippen MR) is 116 cm³/mol. The molecule has 3 aromatic rings. The minimum atomic E-state index is -0.394. The van der Waals surface area contributed by atoms with Gasteiger partial charge in [0.25, 0.3) is 11.8 Å². The van der Waals surface area contributed by atoms with Gasteiger partial charge in [-0.15, -0.1) is 0 Å². The Hall–Kier alpha value is -3.22. The Balaban J connectivity index is 1.56. The molecule has 0 saturated heterocycles. The maximum Gasteiger partial charge on any atom is 0.258 e. The van der Waals surface area contributed by atoms with Crippen LogP contribution in [0.1, 0.15) is 20.7 Å². The highest BCUT2D eigenvalue weighted by molar-refractivity contribution is 7.80. The van der Waals surface area contributed by atoms with Gasteiger partial charge in [0.05, 0.1) is 10.6 Å². The fourth-order valence-corrected chi connectivity index (χ4v) is 2.84. The molecule has 0 fully saturated rings. The largest absolute Gasteiger partial charge is 0.332 e. The van der Waals surface area contributed by atoms with Gasteiger partial charge in [0.1, 0.15) is 0 Å². The van der Waals surface area contributed by atoms with Gasteiger partial charge >= 0.3 is 0 Å². The van der Waals surface area contributed by atoms with E-state index in [-0.39, 0.29) is 11.0 Å². The number of hydrogen-bond acceptors (Lipinski definition) is 3. The number of halogens is 1. The third-order valence-corrected chi connectivity index (χ3v) is 4.32. The molecule has 0 atom stereocenters. The zero-order valence-electron chi connectivity index (χ0n) is 14.6. The molecule has 0 aliphatic heterocycles. The molecule has 0 heterocycles. The van der Waals surface area contributed by atoms with Crippen LogP contribution in [0.25, 0.3) is 0 Å². The first-order valence-corrected chi connectivity index (χ1v) is 9.15. The Morgan fingerprint density at radius 2 is 1.29 bits per heavy atom.